The van der Waals surface area contributed by atoms with Gasteiger partial charge in [-0.3, -0.25) is 0 Å². The van der Waals surface area contributed by atoms with Crippen LogP contribution in [0.25, 0.3) is 11.0 Å². The highest BCUT2D eigenvalue weighted by Crippen LogP contribution is 2.65. The SMILES string of the molecule is CC1(C)C2CC3OB(C(Cc4coc5ccccc45)N[S+]([O-])Cc4cccc(N5CCOCC5)c4)O[C@@]3(C)C1C2. The second kappa shape index (κ2) is 10.4. The van der Waals surface area contributed by atoms with Gasteiger partial charge < -0.3 is 27.9 Å². The van der Waals surface area contributed by atoms with Gasteiger partial charge in [-0.15, -0.1) is 4.72 Å². The zero-order valence-electron chi connectivity index (χ0n) is 23.6. The number of furan rings is 1. The van der Waals surface area contributed by atoms with Gasteiger partial charge in [-0.1, -0.05) is 44.2 Å². The normalized spacial score (nSPS) is 30.6. The lowest BCUT2D eigenvalue weighted by atomic mass is 9.43. The van der Waals surface area contributed by atoms with Gasteiger partial charge in [0.1, 0.15) is 5.58 Å². The van der Waals surface area contributed by atoms with E-state index in [9.17, 15) is 4.55 Å². The van der Waals surface area contributed by atoms with E-state index in [1.165, 1.54) is 6.42 Å². The van der Waals surface area contributed by atoms with Crippen molar-refractivity contribution in [2.24, 2.45) is 17.3 Å². The summed E-state index contributed by atoms with van der Waals surface area (Å²) in [6, 6.07) is 16.4. The number of ether oxygens (including phenoxy) is 1. The van der Waals surface area contributed by atoms with Crippen molar-refractivity contribution in [3.05, 3.63) is 65.9 Å². The molecule has 2 bridgehead atoms. The second-order valence-corrected chi connectivity index (χ2v) is 14.0. The Morgan fingerprint density at radius 3 is 2.75 bits per heavy atom. The molecule has 1 N–H and O–H groups in total. The molecule has 2 aromatic carbocycles. The zero-order valence-corrected chi connectivity index (χ0v) is 24.5. The highest BCUT2D eigenvalue weighted by Gasteiger charge is 2.68. The van der Waals surface area contributed by atoms with Gasteiger partial charge in [0.15, 0.2) is 5.75 Å². The van der Waals surface area contributed by atoms with Crippen LogP contribution in [0.4, 0.5) is 5.69 Å². The van der Waals surface area contributed by atoms with Gasteiger partial charge >= 0.3 is 7.12 Å². The molecular formula is C31H39BN2O5S. The summed E-state index contributed by atoms with van der Waals surface area (Å²) in [4.78, 5) is 2.32. The smallest absolute Gasteiger partial charge is 0.480 e. The van der Waals surface area contributed by atoms with Crippen molar-refractivity contribution in [2.75, 3.05) is 31.2 Å². The lowest BCUT2D eigenvalue weighted by Crippen LogP contribution is -2.65. The van der Waals surface area contributed by atoms with Crippen molar-refractivity contribution >= 4 is 35.1 Å². The largest absolute Gasteiger partial charge is 0.598 e. The van der Waals surface area contributed by atoms with E-state index in [4.69, 9.17) is 18.5 Å². The average Bonchev–Trinajstić information content (AvgIpc) is 3.53. The average molecular weight is 563 g/mol. The van der Waals surface area contributed by atoms with E-state index in [0.717, 1.165) is 60.5 Å². The third-order valence-electron chi connectivity index (χ3n) is 10.2. The summed E-state index contributed by atoms with van der Waals surface area (Å²) in [6.07, 6.45) is 4.71. The van der Waals surface area contributed by atoms with Gasteiger partial charge in [-0.05, 0) is 67.2 Å². The van der Waals surface area contributed by atoms with Gasteiger partial charge in [0, 0.05) is 41.1 Å². The Morgan fingerprint density at radius 2 is 1.93 bits per heavy atom. The maximum atomic E-state index is 13.7. The second-order valence-electron chi connectivity index (χ2n) is 12.8. The first-order chi connectivity index (χ1) is 19.3. The molecule has 5 fully saturated rings. The molecular weight excluding hydrogens is 523 g/mol. The minimum Gasteiger partial charge on any atom is -0.598 e. The maximum Gasteiger partial charge on any atom is 0.480 e. The maximum absolute atomic E-state index is 13.7. The Hall–Kier alpha value is -2.01. The fraction of sp³-hybridized carbons (Fsp3) is 0.548. The molecule has 0 amide bonds. The lowest BCUT2D eigenvalue weighted by Gasteiger charge is -2.64. The molecule has 3 aromatic rings. The summed E-state index contributed by atoms with van der Waals surface area (Å²) >= 11 is -1.33. The predicted octanol–water partition coefficient (Wildman–Crippen LogP) is 4.90. The zero-order chi connectivity index (χ0) is 27.5. The number of anilines is 1. The molecule has 2 saturated heterocycles. The molecule has 1 aromatic heterocycles. The number of rotatable bonds is 8. The van der Waals surface area contributed by atoms with E-state index in [-0.39, 0.29) is 23.1 Å². The molecule has 5 unspecified atom stereocenters. The van der Waals surface area contributed by atoms with Crippen molar-refractivity contribution in [1.29, 1.82) is 0 Å². The van der Waals surface area contributed by atoms with Gasteiger partial charge in [0.2, 0.25) is 0 Å². The summed E-state index contributed by atoms with van der Waals surface area (Å²) in [5.74, 6) is 1.27. The van der Waals surface area contributed by atoms with E-state index in [0.29, 0.717) is 24.0 Å². The Bertz CT molecular complexity index is 1360. The topological polar surface area (TPSA) is 79.2 Å². The minimum absolute atomic E-state index is 0.0679. The number of hydrogen-bond acceptors (Lipinski definition) is 7. The molecule has 5 aliphatic rings. The number of fused-ring (bicyclic) bond motifs is 1. The Balaban J connectivity index is 1.11. The summed E-state index contributed by atoms with van der Waals surface area (Å²) in [7, 11) is -0.484. The van der Waals surface area contributed by atoms with Crippen molar-refractivity contribution < 1.29 is 23.0 Å². The molecule has 0 radical (unpaired) electrons. The highest BCUT2D eigenvalue weighted by atomic mass is 32.2. The summed E-state index contributed by atoms with van der Waals surface area (Å²) in [6.45, 7) is 10.2. The Labute approximate surface area is 240 Å². The van der Waals surface area contributed by atoms with Crippen molar-refractivity contribution in [2.45, 2.75) is 63.4 Å². The third kappa shape index (κ3) is 4.69. The number of nitrogens with zero attached hydrogens (tertiary/aromatic N) is 1. The first-order valence-corrected chi connectivity index (χ1v) is 16.0. The first kappa shape index (κ1) is 26.9. The van der Waals surface area contributed by atoms with Crippen LogP contribution in [0.2, 0.25) is 0 Å². The molecule has 9 heteroatoms. The van der Waals surface area contributed by atoms with E-state index < -0.39 is 18.5 Å². The summed E-state index contributed by atoms with van der Waals surface area (Å²) < 4.78 is 42.0. The van der Waals surface area contributed by atoms with Crippen LogP contribution < -0.4 is 9.62 Å². The lowest BCUT2D eigenvalue weighted by molar-refractivity contribution is -0.199. The van der Waals surface area contributed by atoms with Gasteiger partial charge in [0.05, 0.1) is 37.1 Å². The van der Waals surface area contributed by atoms with Crippen LogP contribution in [0.15, 0.2) is 59.2 Å². The molecule has 3 heterocycles. The monoisotopic (exact) mass is 562 g/mol. The molecule has 212 valence electrons. The number of benzene rings is 2. The molecule has 7 nitrogen and oxygen atoms in total. The number of morpholine rings is 1. The third-order valence-corrected chi connectivity index (χ3v) is 11.3. The fourth-order valence-electron chi connectivity index (χ4n) is 7.72. The van der Waals surface area contributed by atoms with E-state index >= 15 is 0 Å². The van der Waals surface area contributed by atoms with Crippen molar-refractivity contribution in [3.8, 4) is 0 Å². The first-order valence-electron chi connectivity index (χ1n) is 14.7. The Kier molecular flexibility index (Phi) is 6.96. The standard InChI is InChI=1S/C31H39BN2O5S/c1-30(2)23-17-27(30)31(3)28(18-23)38-32(39-31)29(16-22-19-37-26-10-5-4-9-25(22)26)33-40(35)20-21-7-6-8-24(15-21)34-11-13-36-14-12-34/h4-10,15,19,23,27-29,33H,11-14,16-18,20H2,1-3H3/t23?,27?,28?,29?,31-,40?/m0/s1. The van der Waals surface area contributed by atoms with E-state index in [2.05, 4.69) is 60.7 Å². The molecule has 2 aliphatic heterocycles. The van der Waals surface area contributed by atoms with Crippen LogP contribution in [0, 0.1) is 17.3 Å². The molecule has 0 spiro atoms. The molecule has 8 rings (SSSR count). The van der Waals surface area contributed by atoms with Crippen LogP contribution in [0.1, 0.15) is 44.7 Å². The summed E-state index contributed by atoms with van der Waals surface area (Å²) in [5.41, 5.74) is 4.06. The van der Waals surface area contributed by atoms with Crippen LogP contribution in [0.3, 0.4) is 0 Å². The van der Waals surface area contributed by atoms with E-state index in [1.54, 1.807) is 0 Å². The van der Waals surface area contributed by atoms with Crippen LogP contribution >= 0.6 is 0 Å². The predicted molar refractivity (Wildman–Crippen MR) is 158 cm³/mol. The van der Waals surface area contributed by atoms with Crippen molar-refractivity contribution in [1.82, 2.24) is 4.72 Å². The number of nitrogens with one attached hydrogen (secondary N) is 1. The molecule has 40 heavy (non-hydrogen) atoms. The fourth-order valence-corrected chi connectivity index (χ4v) is 8.82. The highest BCUT2D eigenvalue weighted by molar-refractivity contribution is 7.88. The van der Waals surface area contributed by atoms with Crippen LogP contribution in [0.5, 0.6) is 0 Å². The molecule has 6 atom stereocenters. The number of para-hydroxylation sites is 1. The number of hydrogen-bond donors (Lipinski definition) is 1. The minimum atomic E-state index is -1.33. The van der Waals surface area contributed by atoms with Gasteiger partial charge in [-0.2, -0.15) is 0 Å². The van der Waals surface area contributed by atoms with E-state index in [1.807, 2.05) is 24.5 Å². The van der Waals surface area contributed by atoms with Crippen LogP contribution in [-0.4, -0.2) is 55.6 Å². The van der Waals surface area contributed by atoms with Gasteiger partial charge in [0.25, 0.3) is 0 Å². The molecule has 3 aliphatic carbocycles. The van der Waals surface area contributed by atoms with Crippen LogP contribution in [-0.2, 0) is 37.6 Å². The summed E-state index contributed by atoms with van der Waals surface area (Å²) in [5, 5.41) is 1.07. The molecule has 3 saturated carbocycles. The van der Waals surface area contributed by atoms with Gasteiger partial charge in [-0.25, -0.2) is 0 Å². The quantitative estimate of drug-likeness (QED) is 0.309. The van der Waals surface area contributed by atoms with Crippen molar-refractivity contribution in [3.63, 3.8) is 0 Å². The Morgan fingerprint density at radius 1 is 1.10 bits per heavy atom.